The summed E-state index contributed by atoms with van der Waals surface area (Å²) in [6, 6.07) is 17.2. The molecule has 7 nitrogen and oxygen atoms in total. The minimum absolute atomic E-state index is 0.0426. The fourth-order valence-electron chi connectivity index (χ4n) is 4.62. The summed E-state index contributed by atoms with van der Waals surface area (Å²) in [5.74, 6) is -0.332. The lowest BCUT2D eigenvalue weighted by Crippen LogP contribution is -2.29. The van der Waals surface area contributed by atoms with E-state index in [-0.39, 0.29) is 17.9 Å². The van der Waals surface area contributed by atoms with Crippen LogP contribution in [0.25, 0.3) is 22.3 Å². The van der Waals surface area contributed by atoms with Crippen LogP contribution in [0.4, 0.5) is 5.69 Å². The summed E-state index contributed by atoms with van der Waals surface area (Å²) in [7, 11) is 0. The van der Waals surface area contributed by atoms with Crippen LogP contribution in [-0.4, -0.2) is 44.6 Å². The molecule has 0 saturated carbocycles. The molecule has 0 bridgehead atoms. The molecule has 1 fully saturated rings. The van der Waals surface area contributed by atoms with Crippen molar-refractivity contribution in [2.75, 3.05) is 18.4 Å². The van der Waals surface area contributed by atoms with Gasteiger partial charge in [0.05, 0.1) is 34.1 Å². The van der Waals surface area contributed by atoms with E-state index in [1.165, 1.54) is 0 Å². The first-order valence-corrected chi connectivity index (χ1v) is 12.1. The van der Waals surface area contributed by atoms with Crippen LogP contribution in [0.15, 0.2) is 60.8 Å². The van der Waals surface area contributed by atoms with Crippen molar-refractivity contribution >= 4 is 28.5 Å². The Kier molecular flexibility index (Phi) is 6.07. The predicted octanol–water partition coefficient (Wildman–Crippen LogP) is 5.48. The second-order valence-electron chi connectivity index (χ2n) is 9.29. The number of aromatic nitrogens is 3. The summed E-state index contributed by atoms with van der Waals surface area (Å²) in [6.45, 7) is 7.48. The van der Waals surface area contributed by atoms with Crippen LogP contribution in [0.2, 0.25) is 0 Å². The van der Waals surface area contributed by atoms with Crippen molar-refractivity contribution in [3.8, 4) is 11.3 Å². The number of benzene rings is 2. The molecule has 178 valence electrons. The van der Waals surface area contributed by atoms with Crippen molar-refractivity contribution < 1.29 is 9.59 Å². The van der Waals surface area contributed by atoms with E-state index in [9.17, 15) is 9.59 Å². The van der Waals surface area contributed by atoms with Gasteiger partial charge in [-0.2, -0.15) is 5.10 Å². The van der Waals surface area contributed by atoms with Crippen LogP contribution < -0.4 is 5.32 Å². The van der Waals surface area contributed by atoms with E-state index in [2.05, 4.69) is 10.4 Å². The number of carbonyl (C=O) groups is 2. The molecule has 2 amide bonds. The monoisotopic (exact) mass is 467 g/mol. The van der Waals surface area contributed by atoms with Gasteiger partial charge in [-0.05, 0) is 51.3 Å². The van der Waals surface area contributed by atoms with E-state index in [1.807, 2.05) is 72.8 Å². The van der Waals surface area contributed by atoms with Crippen molar-refractivity contribution in [1.82, 2.24) is 19.7 Å². The molecule has 3 heterocycles. The third kappa shape index (κ3) is 4.30. The van der Waals surface area contributed by atoms with Crippen LogP contribution in [0.1, 0.15) is 59.0 Å². The van der Waals surface area contributed by atoms with Crippen LogP contribution in [-0.2, 0) is 0 Å². The van der Waals surface area contributed by atoms with E-state index in [1.54, 1.807) is 18.3 Å². The average molecular weight is 468 g/mol. The number of rotatable bonds is 5. The highest BCUT2D eigenvalue weighted by atomic mass is 16.2. The second-order valence-corrected chi connectivity index (χ2v) is 9.29. The number of fused-ring (bicyclic) bond motifs is 1. The lowest BCUT2D eigenvalue weighted by Gasteiger charge is -2.19. The number of anilines is 1. The number of nitrogens with one attached hydrogen (secondary N) is 1. The highest BCUT2D eigenvalue weighted by Crippen LogP contribution is 2.29. The molecule has 4 aromatic rings. The molecule has 35 heavy (non-hydrogen) atoms. The van der Waals surface area contributed by atoms with Gasteiger partial charge in [0, 0.05) is 24.7 Å². The molecule has 2 aromatic carbocycles. The van der Waals surface area contributed by atoms with Gasteiger partial charge in [0.2, 0.25) is 0 Å². The molecule has 2 aromatic heterocycles. The average Bonchev–Trinajstić information content (AvgIpc) is 3.55. The molecule has 0 spiro atoms. The topological polar surface area (TPSA) is 80.1 Å². The fraction of sp³-hybridized carbons (Fsp3) is 0.286. The zero-order chi connectivity index (χ0) is 24.5. The Morgan fingerprint density at radius 2 is 1.71 bits per heavy atom. The Hall–Kier alpha value is -4.00. The molecule has 0 radical (unpaired) electrons. The number of likely N-dealkylation sites (tertiary alicyclic amines) is 1. The SMILES string of the molecule is Cc1cccc(C(=O)N2CCCC2)c1NC(=O)c1cc(-c2ccccc2)nc2c1cnn2C(C)C. The van der Waals surface area contributed by atoms with Crippen LogP contribution in [0.5, 0.6) is 0 Å². The lowest BCUT2D eigenvalue weighted by molar-refractivity contribution is 0.0793. The van der Waals surface area contributed by atoms with Crippen molar-refractivity contribution in [2.45, 2.75) is 39.7 Å². The number of aryl methyl sites for hydroxylation is 1. The summed E-state index contributed by atoms with van der Waals surface area (Å²) in [6.07, 6.45) is 3.72. The fourth-order valence-corrected chi connectivity index (χ4v) is 4.62. The zero-order valence-corrected chi connectivity index (χ0v) is 20.3. The smallest absolute Gasteiger partial charge is 0.256 e. The number of hydrogen-bond acceptors (Lipinski definition) is 4. The molecule has 0 aliphatic carbocycles. The molecule has 0 atom stereocenters. The second kappa shape index (κ2) is 9.33. The number of amides is 2. The highest BCUT2D eigenvalue weighted by molar-refractivity contribution is 6.15. The molecule has 1 aliphatic rings. The molecule has 0 unspecified atom stereocenters. The maximum Gasteiger partial charge on any atom is 0.256 e. The van der Waals surface area contributed by atoms with Gasteiger partial charge in [0.15, 0.2) is 5.65 Å². The first-order chi connectivity index (χ1) is 16.9. The quantitative estimate of drug-likeness (QED) is 0.422. The minimum Gasteiger partial charge on any atom is -0.339 e. The lowest BCUT2D eigenvalue weighted by atomic mass is 10.0. The minimum atomic E-state index is -0.289. The van der Waals surface area contributed by atoms with Gasteiger partial charge in [-0.3, -0.25) is 9.59 Å². The van der Waals surface area contributed by atoms with Gasteiger partial charge in [-0.25, -0.2) is 9.67 Å². The first kappa shape index (κ1) is 22.8. The van der Waals surface area contributed by atoms with Crippen LogP contribution >= 0.6 is 0 Å². The van der Waals surface area contributed by atoms with Gasteiger partial charge in [-0.15, -0.1) is 0 Å². The first-order valence-electron chi connectivity index (χ1n) is 12.1. The maximum atomic E-state index is 13.7. The Morgan fingerprint density at radius 1 is 0.971 bits per heavy atom. The summed E-state index contributed by atoms with van der Waals surface area (Å²) in [5.41, 5.74) is 4.66. The van der Waals surface area contributed by atoms with E-state index in [4.69, 9.17) is 4.98 Å². The standard InChI is InChI=1S/C28H29N5O2/c1-18(2)33-26-23(17-29-33)22(16-24(30-26)20-11-5-4-6-12-20)27(34)31-25-19(3)10-9-13-21(25)28(35)32-14-7-8-15-32/h4-6,9-13,16-18H,7-8,14-15H2,1-3H3,(H,31,34). The van der Waals surface area contributed by atoms with Crippen LogP contribution in [0, 0.1) is 6.92 Å². The Labute approximate surface area is 204 Å². The summed E-state index contributed by atoms with van der Waals surface area (Å²) < 4.78 is 1.83. The molecular weight excluding hydrogens is 438 g/mol. The summed E-state index contributed by atoms with van der Waals surface area (Å²) >= 11 is 0. The number of nitrogens with zero attached hydrogens (tertiary/aromatic N) is 4. The van der Waals surface area contributed by atoms with Gasteiger partial charge in [-0.1, -0.05) is 42.5 Å². The Morgan fingerprint density at radius 3 is 2.43 bits per heavy atom. The number of hydrogen-bond donors (Lipinski definition) is 1. The number of para-hydroxylation sites is 1. The number of carbonyl (C=O) groups excluding carboxylic acids is 2. The van der Waals surface area contributed by atoms with E-state index < -0.39 is 0 Å². The Balaban J connectivity index is 1.59. The van der Waals surface area contributed by atoms with E-state index >= 15 is 0 Å². The summed E-state index contributed by atoms with van der Waals surface area (Å²) in [5, 5.41) is 8.24. The van der Waals surface area contributed by atoms with Crippen molar-refractivity contribution in [2.24, 2.45) is 0 Å². The zero-order valence-electron chi connectivity index (χ0n) is 20.3. The van der Waals surface area contributed by atoms with Crippen molar-refractivity contribution in [1.29, 1.82) is 0 Å². The molecular formula is C28H29N5O2. The van der Waals surface area contributed by atoms with Gasteiger partial charge in [0.25, 0.3) is 11.8 Å². The molecule has 1 aliphatic heterocycles. The van der Waals surface area contributed by atoms with E-state index in [0.29, 0.717) is 33.5 Å². The normalized spacial score (nSPS) is 13.5. The highest BCUT2D eigenvalue weighted by Gasteiger charge is 2.25. The number of pyridine rings is 1. The Bertz CT molecular complexity index is 1400. The third-order valence-corrected chi connectivity index (χ3v) is 6.51. The molecule has 1 saturated heterocycles. The third-order valence-electron chi connectivity index (χ3n) is 6.51. The van der Waals surface area contributed by atoms with Crippen molar-refractivity contribution in [3.63, 3.8) is 0 Å². The van der Waals surface area contributed by atoms with Gasteiger partial charge >= 0.3 is 0 Å². The maximum absolute atomic E-state index is 13.7. The van der Waals surface area contributed by atoms with Crippen LogP contribution in [0.3, 0.4) is 0 Å². The van der Waals surface area contributed by atoms with E-state index in [0.717, 1.165) is 37.1 Å². The van der Waals surface area contributed by atoms with Gasteiger partial charge in [0.1, 0.15) is 0 Å². The predicted molar refractivity (Wildman–Crippen MR) is 138 cm³/mol. The molecule has 1 N–H and O–H groups in total. The largest absolute Gasteiger partial charge is 0.339 e. The summed E-state index contributed by atoms with van der Waals surface area (Å²) in [4.78, 5) is 33.7. The molecule has 5 rings (SSSR count). The van der Waals surface area contributed by atoms with Gasteiger partial charge < -0.3 is 10.2 Å². The molecule has 7 heteroatoms. The van der Waals surface area contributed by atoms with Crippen molar-refractivity contribution in [3.05, 3.63) is 77.5 Å².